The lowest BCUT2D eigenvalue weighted by atomic mass is 10.2. The van der Waals surface area contributed by atoms with Crippen molar-refractivity contribution in [3.05, 3.63) is 22.4 Å². The van der Waals surface area contributed by atoms with E-state index in [4.69, 9.17) is 6.42 Å². The molecule has 5 nitrogen and oxygen atoms in total. The van der Waals surface area contributed by atoms with Gasteiger partial charge in [0, 0.05) is 39.1 Å². The minimum atomic E-state index is -0.508. The van der Waals surface area contributed by atoms with Crippen molar-refractivity contribution in [2.24, 2.45) is 0 Å². The highest BCUT2D eigenvalue weighted by atomic mass is 32.1. The molecular formula is C16H21N3O2S. The second kappa shape index (κ2) is 7.97. The van der Waals surface area contributed by atoms with Crippen molar-refractivity contribution in [2.45, 2.75) is 19.4 Å². The predicted octanol–water partition coefficient (Wildman–Crippen LogP) is 1.03. The lowest BCUT2D eigenvalue weighted by Crippen LogP contribution is -2.54. The zero-order chi connectivity index (χ0) is 15.9. The summed E-state index contributed by atoms with van der Waals surface area (Å²) in [5.74, 6) is 2.42. The number of nitrogens with zero attached hydrogens (tertiary/aromatic N) is 2. The summed E-state index contributed by atoms with van der Waals surface area (Å²) in [6.45, 7) is 5.64. The normalized spacial score (nSPS) is 16.8. The average molecular weight is 319 g/mol. The van der Waals surface area contributed by atoms with Crippen molar-refractivity contribution in [2.75, 3.05) is 32.7 Å². The van der Waals surface area contributed by atoms with Crippen LogP contribution in [0.4, 0.5) is 0 Å². The number of hydrogen-bond donors (Lipinski definition) is 1. The number of amides is 2. The highest BCUT2D eigenvalue weighted by Crippen LogP contribution is 2.09. The van der Waals surface area contributed by atoms with Gasteiger partial charge in [-0.05, 0) is 18.4 Å². The van der Waals surface area contributed by atoms with Crippen LogP contribution in [0.25, 0.3) is 0 Å². The molecule has 1 fully saturated rings. The second-order valence-electron chi connectivity index (χ2n) is 5.29. The predicted molar refractivity (Wildman–Crippen MR) is 87.7 cm³/mol. The van der Waals surface area contributed by atoms with Crippen molar-refractivity contribution >= 4 is 23.2 Å². The van der Waals surface area contributed by atoms with Gasteiger partial charge in [0.15, 0.2) is 0 Å². The van der Waals surface area contributed by atoms with Gasteiger partial charge in [0.1, 0.15) is 6.04 Å². The van der Waals surface area contributed by atoms with Crippen molar-refractivity contribution in [3.63, 3.8) is 0 Å². The van der Waals surface area contributed by atoms with Crippen LogP contribution >= 0.6 is 11.3 Å². The van der Waals surface area contributed by atoms with Gasteiger partial charge in [0.2, 0.25) is 5.91 Å². The van der Waals surface area contributed by atoms with Crippen LogP contribution in [-0.4, -0.2) is 60.4 Å². The van der Waals surface area contributed by atoms with Crippen LogP contribution in [0.3, 0.4) is 0 Å². The first kappa shape index (κ1) is 16.5. The van der Waals surface area contributed by atoms with Gasteiger partial charge < -0.3 is 10.2 Å². The molecule has 1 aliphatic heterocycles. The molecule has 0 spiro atoms. The van der Waals surface area contributed by atoms with Gasteiger partial charge in [0.05, 0.1) is 4.88 Å². The van der Waals surface area contributed by atoms with Crippen LogP contribution in [0.2, 0.25) is 0 Å². The van der Waals surface area contributed by atoms with E-state index in [-0.39, 0.29) is 11.8 Å². The van der Waals surface area contributed by atoms with Crippen LogP contribution in [0.1, 0.15) is 23.0 Å². The maximum Gasteiger partial charge on any atom is 0.261 e. The number of nitrogens with one attached hydrogen (secondary N) is 1. The summed E-state index contributed by atoms with van der Waals surface area (Å²) in [6, 6.07) is 3.06. The molecule has 0 aromatic carbocycles. The number of carbonyl (C=O) groups excluding carboxylic acids is 2. The van der Waals surface area contributed by atoms with Crippen LogP contribution in [0.5, 0.6) is 0 Å². The van der Waals surface area contributed by atoms with E-state index in [0.717, 1.165) is 26.1 Å². The third kappa shape index (κ3) is 4.33. The van der Waals surface area contributed by atoms with E-state index in [1.165, 1.54) is 11.3 Å². The van der Waals surface area contributed by atoms with E-state index in [2.05, 4.69) is 16.1 Å². The molecule has 0 aliphatic carbocycles. The Morgan fingerprint density at radius 3 is 2.73 bits per heavy atom. The number of terminal acetylenes is 1. The molecule has 1 saturated heterocycles. The Hall–Kier alpha value is -1.84. The molecule has 6 heteroatoms. The number of hydrogen-bond acceptors (Lipinski definition) is 4. The highest BCUT2D eigenvalue weighted by Gasteiger charge is 2.25. The molecular weight excluding hydrogens is 298 g/mol. The Morgan fingerprint density at radius 1 is 1.41 bits per heavy atom. The Kier molecular flexibility index (Phi) is 5.99. The molecule has 2 heterocycles. The highest BCUT2D eigenvalue weighted by molar-refractivity contribution is 7.12. The summed E-state index contributed by atoms with van der Waals surface area (Å²) >= 11 is 1.37. The van der Waals surface area contributed by atoms with Crippen molar-refractivity contribution < 1.29 is 9.59 Å². The minimum Gasteiger partial charge on any atom is -0.340 e. The molecule has 0 radical (unpaired) electrons. The zero-order valence-electron chi connectivity index (χ0n) is 12.7. The van der Waals surface area contributed by atoms with E-state index in [9.17, 15) is 9.59 Å². The lowest BCUT2D eigenvalue weighted by molar-refractivity contribution is -0.134. The Bertz CT molecular complexity index is 542. The van der Waals surface area contributed by atoms with E-state index < -0.39 is 6.04 Å². The molecule has 22 heavy (non-hydrogen) atoms. The molecule has 118 valence electrons. The quantitative estimate of drug-likeness (QED) is 0.825. The monoisotopic (exact) mass is 319 g/mol. The molecule has 0 unspecified atom stereocenters. The fourth-order valence-electron chi connectivity index (χ4n) is 2.43. The number of carbonyl (C=O) groups is 2. The maximum absolute atomic E-state index is 12.4. The summed E-state index contributed by atoms with van der Waals surface area (Å²) in [6.07, 6.45) is 6.00. The van der Waals surface area contributed by atoms with Gasteiger partial charge in [-0.2, -0.15) is 0 Å². The van der Waals surface area contributed by atoms with Gasteiger partial charge in [0.25, 0.3) is 5.91 Å². The summed E-state index contributed by atoms with van der Waals surface area (Å²) in [4.78, 5) is 29.1. The summed E-state index contributed by atoms with van der Waals surface area (Å²) in [5, 5.41) is 4.61. The first-order valence-electron chi connectivity index (χ1n) is 7.41. The maximum atomic E-state index is 12.4. The van der Waals surface area contributed by atoms with E-state index in [0.29, 0.717) is 18.0 Å². The third-order valence-corrected chi connectivity index (χ3v) is 4.59. The van der Waals surface area contributed by atoms with E-state index in [1.807, 2.05) is 16.3 Å². The van der Waals surface area contributed by atoms with Gasteiger partial charge in [-0.1, -0.05) is 6.07 Å². The van der Waals surface area contributed by atoms with Crippen molar-refractivity contribution in [1.82, 2.24) is 15.1 Å². The Balaban J connectivity index is 1.79. The number of piperazine rings is 1. The molecule has 1 atom stereocenters. The van der Waals surface area contributed by atoms with E-state index in [1.54, 1.807) is 13.0 Å². The second-order valence-corrected chi connectivity index (χ2v) is 6.24. The van der Waals surface area contributed by atoms with Gasteiger partial charge in [-0.15, -0.1) is 23.7 Å². The largest absolute Gasteiger partial charge is 0.340 e. The third-order valence-electron chi connectivity index (χ3n) is 3.72. The average Bonchev–Trinajstić information content (AvgIpc) is 3.07. The number of rotatable bonds is 5. The topological polar surface area (TPSA) is 52.6 Å². The number of thiophene rings is 1. The molecule has 0 saturated carbocycles. The van der Waals surface area contributed by atoms with Crippen LogP contribution in [-0.2, 0) is 4.79 Å². The first-order valence-corrected chi connectivity index (χ1v) is 8.28. The van der Waals surface area contributed by atoms with Crippen molar-refractivity contribution in [3.8, 4) is 12.3 Å². The molecule has 1 aliphatic rings. The van der Waals surface area contributed by atoms with Crippen molar-refractivity contribution in [1.29, 1.82) is 0 Å². The minimum absolute atomic E-state index is 0.0264. The standard InChI is InChI=1S/C16H21N3O2S/c1-3-4-7-18-8-10-19(11-9-18)16(21)13(2)17-15(20)14-6-5-12-22-14/h1,5-6,12-13H,4,7-11H2,2H3,(H,17,20)/t13-/m0/s1. The molecule has 2 amide bonds. The van der Waals surface area contributed by atoms with E-state index >= 15 is 0 Å². The summed E-state index contributed by atoms with van der Waals surface area (Å²) in [7, 11) is 0. The zero-order valence-corrected chi connectivity index (χ0v) is 13.6. The molecule has 1 aromatic heterocycles. The molecule has 0 bridgehead atoms. The fraction of sp³-hybridized carbons (Fsp3) is 0.500. The lowest BCUT2D eigenvalue weighted by Gasteiger charge is -2.35. The summed E-state index contributed by atoms with van der Waals surface area (Å²) in [5.41, 5.74) is 0. The molecule has 2 rings (SSSR count). The molecule has 1 N–H and O–H groups in total. The SMILES string of the molecule is C#CCCN1CCN(C(=O)[C@H](C)NC(=O)c2cccs2)CC1. The smallest absolute Gasteiger partial charge is 0.261 e. The van der Waals surface area contributed by atoms with Crippen LogP contribution in [0, 0.1) is 12.3 Å². The summed E-state index contributed by atoms with van der Waals surface area (Å²) < 4.78 is 0. The Labute approximate surface area is 135 Å². The van der Waals surface area contributed by atoms with Gasteiger partial charge in [-0.25, -0.2) is 0 Å². The van der Waals surface area contributed by atoms with Gasteiger partial charge in [-0.3, -0.25) is 14.5 Å². The molecule has 1 aromatic rings. The van der Waals surface area contributed by atoms with Crippen LogP contribution < -0.4 is 5.32 Å². The Morgan fingerprint density at radius 2 is 2.14 bits per heavy atom. The van der Waals surface area contributed by atoms with Crippen LogP contribution in [0.15, 0.2) is 17.5 Å². The fourth-order valence-corrected chi connectivity index (χ4v) is 3.05. The van der Waals surface area contributed by atoms with Gasteiger partial charge >= 0.3 is 0 Å². The first-order chi connectivity index (χ1) is 10.6.